The molecule has 5 aliphatic rings. The number of rotatable bonds is 6. The van der Waals surface area contributed by atoms with Crippen molar-refractivity contribution in [1.82, 2.24) is 0 Å². The minimum Gasteiger partial charge on any atom is -0.393 e. The predicted molar refractivity (Wildman–Crippen MR) is 143 cm³/mol. The predicted octanol–water partition coefficient (Wildman–Crippen LogP) is 7.38. The van der Waals surface area contributed by atoms with E-state index in [1.54, 1.807) is 7.11 Å². The molecule has 7 unspecified atom stereocenters. The Kier molecular flexibility index (Phi) is 7.24. The van der Waals surface area contributed by atoms with Crippen LogP contribution in [0.4, 0.5) is 0 Å². The number of aliphatic hydroxyl groups excluding tert-OH is 1. The summed E-state index contributed by atoms with van der Waals surface area (Å²) in [5, 5.41) is 22.3. The van der Waals surface area contributed by atoms with Gasteiger partial charge in [0.2, 0.25) is 0 Å². The van der Waals surface area contributed by atoms with Crippen molar-refractivity contribution in [3.63, 3.8) is 0 Å². The molecule has 0 aromatic heterocycles. The normalized spacial score (nSPS) is 48.6. The summed E-state index contributed by atoms with van der Waals surface area (Å²) in [6.07, 6.45) is 18.4. The minimum atomic E-state index is -0.600. The first-order valence-corrected chi connectivity index (χ1v) is 15.4. The summed E-state index contributed by atoms with van der Waals surface area (Å²) in [4.78, 5) is 0. The highest BCUT2D eigenvalue weighted by Gasteiger charge is 2.61. The number of hydrogen-bond donors (Lipinski definition) is 2. The zero-order chi connectivity index (χ0) is 25.1. The van der Waals surface area contributed by atoms with Crippen LogP contribution in [0.2, 0.25) is 0 Å². The molecule has 35 heavy (non-hydrogen) atoms. The van der Waals surface area contributed by atoms with Gasteiger partial charge in [-0.1, -0.05) is 27.7 Å². The number of ether oxygens (including phenoxy) is 1. The van der Waals surface area contributed by atoms with E-state index >= 15 is 0 Å². The van der Waals surface area contributed by atoms with Gasteiger partial charge in [0.25, 0.3) is 0 Å². The topological polar surface area (TPSA) is 49.7 Å². The molecule has 0 aromatic carbocycles. The summed E-state index contributed by atoms with van der Waals surface area (Å²) in [5.74, 6) is 4.67. The maximum absolute atomic E-state index is 11.2. The highest BCUT2D eigenvalue weighted by molar-refractivity contribution is 5.10. The van der Waals surface area contributed by atoms with Gasteiger partial charge in [-0.25, -0.2) is 0 Å². The van der Waals surface area contributed by atoms with E-state index in [0.29, 0.717) is 34.7 Å². The molecule has 5 fully saturated rings. The van der Waals surface area contributed by atoms with E-state index in [4.69, 9.17) is 4.74 Å². The lowest BCUT2D eigenvalue weighted by atomic mass is 9.44. The van der Waals surface area contributed by atoms with Crippen molar-refractivity contribution in [2.75, 3.05) is 13.7 Å². The van der Waals surface area contributed by atoms with Gasteiger partial charge in [-0.3, -0.25) is 0 Å². The van der Waals surface area contributed by atoms with Gasteiger partial charge in [-0.05, 0) is 148 Å². The molecular weight excluding hydrogens is 432 g/mol. The van der Waals surface area contributed by atoms with Crippen molar-refractivity contribution in [3.05, 3.63) is 0 Å². The van der Waals surface area contributed by atoms with Crippen LogP contribution in [0, 0.1) is 51.8 Å². The van der Waals surface area contributed by atoms with Crippen LogP contribution in [0.1, 0.15) is 124 Å². The molecule has 0 bridgehead atoms. The molecule has 202 valence electrons. The molecule has 0 amide bonds. The Morgan fingerprint density at radius 1 is 0.771 bits per heavy atom. The van der Waals surface area contributed by atoms with Gasteiger partial charge in [0.05, 0.1) is 18.3 Å². The fourth-order valence-corrected chi connectivity index (χ4v) is 10.7. The Morgan fingerprint density at radius 2 is 1.49 bits per heavy atom. The molecule has 0 aromatic rings. The van der Waals surface area contributed by atoms with Crippen LogP contribution < -0.4 is 0 Å². The third kappa shape index (κ3) is 4.89. The monoisotopic (exact) mass is 488 g/mol. The summed E-state index contributed by atoms with van der Waals surface area (Å²) < 4.78 is 5.40. The van der Waals surface area contributed by atoms with Gasteiger partial charge >= 0.3 is 0 Å². The van der Waals surface area contributed by atoms with E-state index in [0.717, 1.165) is 49.4 Å². The first kappa shape index (κ1) is 26.5. The molecule has 3 heteroatoms. The number of fused-ring (bicyclic) bond motifs is 5. The van der Waals surface area contributed by atoms with Crippen LogP contribution in [0.5, 0.6) is 0 Å². The zero-order valence-electron chi connectivity index (χ0n) is 23.7. The van der Waals surface area contributed by atoms with Gasteiger partial charge in [-0.15, -0.1) is 0 Å². The summed E-state index contributed by atoms with van der Waals surface area (Å²) in [7, 11) is 1.73. The van der Waals surface area contributed by atoms with Gasteiger partial charge < -0.3 is 14.9 Å². The molecular formula is C32H56O3. The summed E-state index contributed by atoms with van der Waals surface area (Å²) in [6, 6.07) is 0. The molecule has 5 saturated carbocycles. The number of aliphatic hydroxyl groups is 2. The Bertz CT molecular complexity index is 739. The van der Waals surface area contributed by atoms with Crippen LogP contribution in [0.15, 0.2) is 0 Å². The van der Waals surface area contributed by atoms with Gasteiger partial charge in [0.1, 0.15) is 0 Å². The summed E-state index contributed by atoms with van der Waals surface area (Å²) in [6.45, 7) is 10.5. The summed E-state index contributed by atoms with van der Waals surface area (Å²) >= 11 is 0. The third-order valence-corrected chi connectivity index (χ3v) is 13.1. The first-order chi connectivity index (χ1) is 16.5. The largest absolute Gasteiger partial charge is 0.393 e. The van der Waals surface area contributed by atoms with Crippen molar-refractivity contribution < 1.29 is 14.9 Å². The Labute approximate surface area is 216 Å². The zero-order valence-corrected chi connectivity index (χ0v) is 23.7. The standard InChI is InChI=1S/C32H56O3/c1-29(2)13-10-22(11-14-29)18-25(33)19-23-7-9-27-26-8-6-24-20-32(34,21-35-5)17-16-31(24,4)28(26)12-15-30(23,27)3/h22-28,33-34H,6-21H2,1-5H3/t23-,24?,25?,26?,27?,28?,30?,31?,32+/m1/s1. The van der Waals surface area contributed by atoms with E-state index in [-0.39, 0.29) is 6.10 Å². The van der Waals surface area contributed by atoms with Crippen LogP contribution in [-0.4, -0.2) is 35.6 Å². The fraction of sp³-hybridized carbons (Fsp3) is 1.00. The molecule has 0 saturated heterocycles. The lowest BCUT2D eigenvalue weighted by molar-refractivity contribution is -0.163. The van der Waals surface area contributed by atoms with Gasteiger partial charge in [-0.2, -0.15) is 0 Å². The molecule has 0 aliphatic heterocycles. The third-order valence-electron chi connectivity index (χ3n) is 13.1. The van der Waals surface area contributed by atoms with E-state index in [1.807, 2.05) is 0 Å². The fourth-order valence-electron chi connectivity index (χ4n) is 10.7. The molecule has 0 heterocycles. The Balaban J connectivity index is 1.21. The van der Waals surface area contributed by atoms with Gasteiger partial charge in [0.15, 0.2) is 0 Å². The highest BCUT2D eigenvalue weighted by atomic mass is 16.5. The van der Waals surface area contributed by atoms with Gasteiger partial charge in [0, 0.05) is 7.11 Å². The molecule has 5 aliphatic carbocycles. The summed E-state index contributed by atoms with van der Waals surface area (Å²) in [5.41, 5.74) is 0.752. The minimum absolute atomic E-state index is 0.0930. The highest BCUT2D eigenvalue weighted by Crippen LogP contribution is 2.68. The average Bonchev–Trinajstić information content (AvgIpc) is 3.12. The molecule has 9 atom stereocenters. The van der Waals surface area contributed by atoms with Crippen molar-refractivity contribution in [1.29, 1.82) is 0 Å². The molecule has 5 rings (SSSR count). The molecule has 0 radical (unpaired) electrons. The maximum atomic E-state index is 11.2. The van der Waals surface area contributed by atoms with Crippen LogP contribution in [0.25, 0.3) is 0 Å². The van der Waals surface area contributed by atoms with E-state index < -0.39 is 5.60 Å². The van der Waals surface area contributed by atoms with E-state index in [1.165, 1.54) is 70.6 Å². The Morgan fingerprint density at radius 3 is 2.20 bits per heavy atom. The SMILES string of the molecule is COC[C@]1(O)CCC2(C)C(CCC3C2CCC2(C)C3CC[C@@H]2CC(O)CC2CCC(C)(C)CC2)C1. The second kappa shape index (κ2) is 9.57. The number of hydrogen-bond acceptors (Lipinski definition) is 3. The average molecular weight is 489 g/mol. The lowest BCUT2D eigenvalue weighted by Crippen LogP contribution is -2.56. The van der Waals surface area contributed by atoms with Crippen molar-refractivity contribution in [2.24, 2.45) is 51.8 Å². The quantitative estimate of drug-likeness (QED) is 0.410. The lowest BCUT2D eigenvalue weighted by Gasteiger charge is -2.62. The molecule has 2 N–H and O–H groups in total. The van der Waals surface area contributed by atoms with Crippen molar-refractivity contribution >= 4 is 0 Å². The number of methoxy groups -OCH3 is 1. The first-order valence-electron chi connectivity index (χ1n) is 15.4. The van der Waals surface area contributed by atoms with Crippen molar-refractivity contribution in [2.45, 2.75) is 136 Å². The Hall–Kier alpha value is -0.120. The maximum Gasteiger partial charge on any atom is 0.0883 e. The molecule has 3 nitrogen and oxygen atoms in total. The van der Waals surface area contributed by atoms with Crippen molar-refractivity contribution in [3.8, 4) is 0 Å². The van der Waals surface area contributed by atoms with E-state index in [2.05, 4.69) is 27.7 Å². The van der Waals surface area contributed by atoms with Crippen LogP contribution in [-0.2, 0) is 4.74 Å². The smallest absolute Gasteiger partial charge is 0.0883 e. The second-order valence-corrected chi connectivity index (χ2v) is 15.6. The van der Waals surface area contributed by atoms with Crippen LogP contribution in [0.3, 0.4) is 0 Å². The van der Waals surface area contributed by atoms with Crippen LogP contribution >= 0.6 is 0 Å². The second-order valence-electron chi connectivity index (χ2n) is 15.6. The molecule has 0 spiro atoms. The van der Waals surface area contributed by atoms with E-state index in [9.17, 15) is 10.2 Å².